The van der Waals surface area contributed by atoms with E-state index in [0.717, 1.165) is 22.3 Å². The molecule has 18 heteroatoms. The fraction of sp³-hybridized carbons (Fsp3) is 0.608. The highest BCUT2D eigenvalue weighted by atomic mass is 16.6. The molecule has 0 aromatic heterocycles. The topological polar surface area (TPSA) is 182 Å². The molecule has 0 amide bonds. The number of hydrogen-bond donors (Lipinski definition) is 0. The highest BCUT2D eigenvalue weighted by molar-refractivity contribution is 5.91. The summed E-state index contributed by atoms with van der Waals surface area (Å²) in [7, 11) is 4.60. The molecule has 0 bridgehead atoms. The van der Waals surface area contributed by atoms with Crippen LogP contribution in [-0.4, -0.2) is 192 Å². The number of methoxy groups -OCH3 is 3. The number of hydrogen-bond acceptors (Lipinski definition) is 18. The summed E-state index contributed by atoms with van der Waals surface area (Å²) in [5.41, 5.74) is 5.10. The Labute approximate surface area is 407 Å². The van der Waals surface area contributed by atoms with Gasteiger partial charge >= 0.3 is 11.9 Å². The monoisotopic (exact) mass is 974 g/mol. The van der Waals surface area contributed by atoms with Crippen molar-refractivity contribution in [3.63, 3.8) is 0 Å². The van der Waals surface area contributed by atoms with Crippen LogP contribution in [0.15, 0.2) is 48.5 Å². The van der Waals surface area contributed by atoms with Crippen molar-refractivity contribution >= 4 is 11.9 Å². The Morgan fingerprint density at radius 1 is 0.435 bits per heavy atom. The van der Waals surface area contributed by atoms with Gasteiger partial charge in [-0.05, 0) is 90.0 Å². The van der Waals surface area contributed by atoms with Crippen LogP contribution >= 0.6 is 0 Å². The largest absolute Gasteiger partial charge is 0.491 e. The summed E-state index contributed by atoms with van der Waals surface area (Å²) >= 11 is 0. The van der Waals surface area contributed by atoms with Gasteiger partial charge in [0, 0.05) is 14.2 Å². The van der Waals surface area contributed by atoms with Crippen molar-refractivity contribution in [3.8, 4) is 17.2 Å². The van der Waals surface area contributed by atoms with Gasteiger partial charge < -0.3 is 75.8 Å². The first kappa shape index (κ1) is 57.3. The summed E-state index contributed by atoms with van der Waals surface area (Å²) in [4.78, 5) is 26.8. The van der Waals surface area contributed by atoms with Crippen LogP contribution in [0.1, 0.15) is 49.7 Å². The Morgan fingerprint density at radius 2 is 0.754 bits per heavy atom. The summed E-state index contributed by atoms with van der Waals surface area (Å²) in [5, 5.41) is 0. The Balaban J connectivity index is 1.23. The highest BCUT2D eigenvalue weighted by Gasteiger charge is 2.34. The molecule has 386 valence electrons. The molecule has 1 aliphatic rings. The molecule has 69 heavy (non-hydrogen) atoms. The average Bonchev–Trinajstić information content (AvgIpc) is 3.35. The lowest BCUT2D eigenvalue weighted by Crippen LogP contribution is -2.26. The van der Waals surface area contributed by atoms with Crippen molar-refractivity contribution in [1.29, 1.82) is 0 Å². The Morgan fingerprint density at radius 3 is 1.07 bits per heavy atom. The van der Waals surface area contributed by atoms with Gasteiger partial charge in [0.2, 0.25) is 0 Å². The van der Waals surface area contributed by atoms with Gasteiger partial charge in [-0.3, -0.25) is 4.79 Å². The zero-order chi connectivity index (χ0) is 49.2. The first-order valence-electron chi connectivity index (χ1n) is 23.5. The van der Waals surface area contributed by atoms with Gasteiger partial charge in [0.25, 0.3) is 0 Å². The SMILES string of the molecule is COCCOCCOCCOCCOCCOCCOc1ccc2c(c1)C(C(=O)Oc1c(C)cc(C(=O)OC)cc1C)c1cc(OCCOCCOCCOCCOCCOCCOC)ccc1C2. The number of carbonyl (C=O) groups excluding carboxylic acids is 2. The molecule has 0 N–H and O–H groups in total. The molecule has 3 aromatic rings. The van der Waals surface area contributed by atoms with Gasteiger partial charge in [-0.1, -0.05) is 12.1 Å². The van der Waals surface area contributed by atoms with E-state index in [-0.39, 0.29) is 0 Å². The zero-order valence-electron chi connectivity index (χ0n) is 41.2. The lowest BCUT2D eigenvalue weighted by Gasteiger charge is -2.28. The summed E-state index contributed by atoms with van der Waals surface area (Å²) in [6.45, 7) is 14.5. The van der Waals surface area contributed by atoms with Crippen LogP contribution in [-0.2, 0) is 72.8 Å². The summed E-state index contributed by atoms with van der Waals surface area (Å²) in [6.07, 6.45) is 0.598. The quantitative estimate of drug-likeness (QED) is 0.0423. The molecule has 0 atom stereocenters. The van der Waals surface area contributed by atoms with E-state index in [9.17, 15) is 9.59 Å². The second-order valence-electron chi connectivity index (χ2n) is 15.5. The molecule has 0 fully saturated rings. The lowest BCUT2D eigenvalue weighted by atomic mass is 9.78. The Bertz CT molecular complexity index is 1760. The fourth-order valence-corrected chi connectivity index (χ4v) is 7.00. The van der Waals surface area contributed by atoms with E-state index in [4.69, 9.17) is 75.8 Å². The van der Waals surface area contributed by atoms with Crippen LogP contribution in [0, 0.1) is 13.8 Å². The number of esters is 2. The minimum Gasteiger partial charge on any atom is -0.491 e. The second kappa shape index (κ2) is 35.8. The molecule has 0 heterocycles. The van der Waals surface area contributed by atoms with Crippen molar-refractivity contribution in [2.24, 2.45) is 0 Å². The van der Waals surface area contributed by atoms with Crippen LogP contribution in [0.5, 0.6) is 17.2 Å². The maximum atomic E-state index is 14.5. The standard InChI is InChI=1S/C51H74O18/c1-39-34-43(50(52)56-5)35-40(2)49(39)69-51(53)48-46-37-44(67-32-30-65-28-26-63-24-22-61-20-18-59-16-14-57-12-10-54-3)8-6-41(46)36-42-7-9-45(38-47(42)48)68-33-31-66-29-27-64-25-23-62-21-19-60-17-15-58-13-11-55-4/h6-9,34-35,37-38,48H,10-33,36H2,1-5H3. The van der Waals surface area contributed by atoms with Gasteiger partial charge in [-0.2, -0.15) is 0 Å². The van der Waals surface area contributed by atoms with Crippen LogP contribution < -0.4 is 14.2 Å². The molecular formula is C51H74O18. The predicted octanol–water partition coefficient (Wildman–Crippen LogP) is 4.95. The summed E-state index contributed by atoms with van der Waals surface area (Å²) in [5.74, 6) is -0.199. The first-order chi connectivity index (χ1) is 33.9. The second-order valence-corrected chi connectivity index (χ2v) is 15.5. The van der Waals surface area contributed by atoms with Gasteiger partial charge in [-0.25, -0.2) is 4.79 Å². The molecule has 0 radical (unpaired) electrons. The Kier molecular flexibility index (Phi) is 29.7. The smallest absolute Gasteiger partial charge is 0.337 e. The van der Waals surface area contributed by atoms with Gasteiger partial charge in [-0.15, -0.1) is 0 Å². The van der Waals surface area contributed by atoms with Gasteiger partial charge in [0.05, 0.1) is 158 Å². The van der Waals surface area contributed by atoms with E-state index in [2.05, 4.69) is 0 Å². The fourth-order valence-electron chi connectivity index (χ4n) is 7.00. The van der Waals surface area contributed by atoms with Crippen molar-refractivity contribution in [2.75, 3.05) is 180 Å². The minimum absolute atomic E-state index is 0.292. The van der Waals surface area contributed by atoms with Crippen LogP contribution in [0.4, 0.5) is 0 Å². The van der Waals surface area contributed by atoms with E-state index < -0.39 is 17.9 Å². The normalized spacial score (nSPS) is 12.2. The number of benzene rings is 3. The molecule has 1 aliphatic carbocycles. The van der Waals surface area contributed by atoms with E-state index >= 15 is 0 Å². The van der Waals surface area contributed by atoms with Crippen molar-refractivity contribution in [2.45, 2.75) is 26.2 Å². The summed E-state index contributed by atoms with van der Waals surface area (Å²) < 4.78 is 88.6. The molecule has 3 aromatic carbocycles. The number of ether oxygens (including phenoxy) is 16. The third-order valence-corrected chi connectivity index (χ3v) is 10.4. The Hall–Kier alpha value is -4.28. The minimum atomic E-state index is -0.804. The van der Waals surface area contributed by atoms with Gasteiger partial charge in [0.15, 0.2) is 0 Å². The third-order valence-electron chi connectivity index (χ3n) is 10.4. The third kappa shape index (κ3) is 22.6. The number of fused-ring (bicyclic) bond motifs is 2. The lowest BCUT2D eigenvalue weighted by molar-refractivity contribution is -0.135. The number of carbonyl (C=O) groups is 2. The maximum absolute atomic E-state index is 14.5. The number of aryl methyl sites for hydroxylation is 2. The maximum Gasteiger partial charge on any atom is 0.337 e. The van der Waals surface area contributed by atoms with Crippen molar-refractivity contribution < 1.29 is 85.4 Å². The van der Waals surface area contributed by atoms with Crippen molar-refractivity contribution in [1.82, 2.24) is 0 Å². The molecule has 0 aliphatic heterocycles. The van der Waals surface area contributed by atoms with E-state index in [1.54, 1.807) is 40.2 Å². The predicted molar refractivity (Wildman–Crippen MR) is 253 cm³/mol. The van der Waals surface area contributed by atoms with Crippen LogP contribution in [0.25, 0.3) is 0 Å². The molecule has 0 saturated heterocycles. The van der Waals surface area contributed by atoms with Crippen LogP contribution in [0.3, 0.4) is 0 Å². The highest BCUT2D eigenvalue weighted by Crippen LogP contribution is 2.41. The summed E-state index contributed by atoms with van der Waals surface area (Å²) in [6, 6.07) is 14.9. The molecule has 0 spiro atoms. The van der Waals surface area contributed by atoms with Crippen molar-refractivity contribution in [3.05, 3.63) is 87.5 Å². The van der Waals surface area contributed by atoms with Crippen LogP contribution in [0.2, 0.25) is 0 Å². The molecule has 18 nitrogen and oxygen atoms in total. The first-order valence-corrected chi connectivity index (χ1v) is 23.5. The average molecular weight is 975 g/mol. The molecule has 4 rings (SSSR count). The molecular weight excluding hydrogens is 901 g/mol. The van der Waals surface area contributed by atoms with E-state index in [1.807, 2.05) is 36.4 Å². The zero-order valence-corrected chi connectivity index (χ0v) is 41.2. The molecule has 0 saturated carbocycles. The molecule has 0 unspecified atom stereocenters. The van der Waals surface area contributed by atoms with E-state index in [0.29, 0.717) is 199 Å². The number of rotatable bonds is 41. The van der Waals surface area contributed by atoms with Gasteiger partial charge in [0.1, 0.15) is 36.4 Å². The van der Waals surface area contributed by atoms with E-state index in [1.165, 1.54) is 7.11 Å².